The lowest BCUT2D eigenvalue weighted by molar-refractivity contribution is 0.283. The number of allylic oxidation sites excluding steroid dienone is 3. The molecule has 4 heteroatoms. The second-order valence-electron chi connectivity index (χ2n) is 6.29. The Hall–Kier alpha value is -1.58. The van der Waals surface area contributed by atoms with Crippen molar-refractivity contribution in [2.75, 3.05) is 0 Å². The summed E-state index contributed by atoms with van der Waals surface area (Å²) in [5, 5.41) is 19.5. The van der Waals surface area contributed by atoms with Crippen LogP contribution in [0.5, 0.6) is 0 Å². The van der Waals surface area contributed by atoms with E-state index in [1.165, 1.54) is 0 Å². The summed E-state index contributed by atoms with van der Waals surface area (Å²) < 4.78 is 0. The summed E-state index contributed by atoms with van der Waals surface area (Å²) >= 11 is 0. The molecule has 0 saturated carbocycles. The molecule has 1 aliphatic carbocycles. The topological polar surface area (TPSA) is 50.9 Å². The molecule has 0 spiro atoms. The van der Waals surface area contributed by atoms with Crippen LogP contribution in [0.4, 0.5) is 0 Å². The highest BCUT2D eigenvalue weighted by atomic mass is 16.3. The third-order valence-electron chi connectivity index (χ3n) is 3.99. The second-order valence-corrected chi connectivity index (χ2v) is 6.29. The van der Waals surface area contributed by atoms with Crippen LogP contribution in [0, 0.1) is 5.41 Å². The van der Waals surface area contributed by atoms with Gasteiger partial charge in [0.25, 0.3) is 0 Å². The monoisotopic (exact) mass is 275 g/mol. The molecule has 0 radical (unpaired) electrons. The molecule has 1 aromatic rings. The zero-order valence-corrected chi connectivity index (χ0v) is 13.1. The Bertz CT molecular complexity index is 552. The molecular formula is C16H25N3O. The van der Waals surface area contributed by atoms with Crippen LogP contribution >= 0.6 is 0 Å². The van der Waals surface area contributed by atoms with Crippen LogP contribution in [-0.2, 0) is 6.42 Å². The molecule has 110 valence electrons. The maximum atomic E-state index is 10.4. The summed E-state index contributed by atoms with van der Waals surface area (Å²) in [6.07, 6.45) is 6.75. The molecule has 1 aliphatic rings. The quantitative estimate of drug-likeness (QED) is 0.843. The molecule has 0 aromatic carbocycles. The Morgan fingerprint density at radius 1 is 1.40 bits per heavy atom. The van der Waals surface area contributed by atoms with Gasteiger partial charge in [-0.2, -0.15) is 15.0 Å². The van der Waals surface area contributed by atoms with E-state index in [9.17, 15) is 5.11 Å². The lowest BCUT2D eigenvalue weighted by Gasteiger charge is -2.21. The zero-order valence-electron chi connectivity index (χ0n) is 13.1. The van der Waals surface area contributed by atoms with E-state index in [0.717, 1.165) is 36.2 Å². The fourth-order valence-electron chi connectivity index (χ4n) is 2.49. The number of aliphatic hydroxyl groups excluding tert-OH is 1. The van der Waals surface area contributed by atoms with E-state index in [4.69, 9.17) is 0 Å². The summed E-state index contributed by atoms with van der Waals surface area (Å²) in [6.45, 7) is 10.4. The molecule has 1 N–H and O–H groups in total. The summed E-state index contributed by atoms with van der Waals surface area (Å²) in [6, 6.07) is -0.155. The van der Waals surface area contributed by atoms with Gasteiger partial charge < -0.3 is 5.11 Å². The molecule has 0 aliphatic heterocycles. The van der Waals surface area contributed by atoms with Crippen LogP contribution in [0.25, 0.3) is 6.08 Å². The van der Waals surface area contributed by atoms with Crippen LogP contribution in [0.3, 0.4) is 0 Å². The summed E-state index contributed by atoms with van der Waals surface area (Å²) in [4.78, 5) is 1.69. The van der Waals surface area contributed by atoms with Gasteiger partial charge in [-0.25, -0.2) is 0 Å². The molecular weight excluding hydrogens is 250 g/mol. The molecule has 2 rings (SSSR count). The van der Waals surface area contributed by atoms with Crippen molar-refractivity contribution in [3.63, 3.8) is 0 Å². The number of rotatable bonds is 4. The minimum absolute atomic E-state index is 0.132. The molecule has 0 fully saturated rings. The third kappa shape index (κ3) is 2.79. The normalized spacial score (nSPS) is 19.4. The highest BCUT2D eigenvalue weighted by Crippen LogP contribution is 2.31. The van der Waals surface area contributed by atoms with Crippen LogP contribution in [0.15, 0.2) is 17.4 Å². The van der Waals surface area contributed by atoms with E-state index >= 15 is 0 Å². The standard InChI is InChI=1S/C16H25N3O/c1-6-11(3)15(20)14(7-2)19-17-12-8-9-16(4,5)10-13(12)18-19/h8-9,14,20H,6-7,10H2,1-5H3/b15-11+/t14-/m0/s1. The number of hydrogen-bond donors (Lipinski definition) is 1. The van der Waals surface area contributed by atoms with Crippen molar-refractivity contribution in [1.29, 1.82) is 0 Å². The lowest BCUT2D eigenvalue weighted by atomic mass is 9.83. The maximum absolute atomic E-state index is 10.4. The molecule has 0 bridgehead atoms. The number of hydrogen-bond acceptors (Lipinski definition) is 3. The van der Waals surface area contributed by atoms with Gasteiger partial charge in [-0.3, -0.25) is 0 Å². The van der Waals surface area contributed by atoms with Gasteiger partial charge in [0.2, 0.25) is 0 Å². The maximum Gasteiger partial charge on any atom is 0.128 e. The van der Waals surface area contributed by atoms with Crippen molar-refractivity contribution >= 4 is 6.08 Å². The van der Waals surface area contributed by atoms with Crippen LogP contribution in [0.2, 0.25) is 0 Å². The van der Waals surface area contributed by atoms with Crippen molar-refractivity contribution in [3.8, 4) is 0 Å². The van der Waals surface area contributed by atoms with Crippen molar-refractivity contribution in [2.45, 2.75) is 59.9 Å². The smallest absolute Gasteiger partial charge is 0.128 e. The van der Waals surface area contributed by atoms with E-state index in [-0.39, 0.29) is 11.5 Å². The Morgan fingerprint density at radius 3 is 2.70 bits per heavy atom. The molecule has 4 nitrogen and oxygen atoms in total. The van der Waals surface area contributed by atoms with Crippen molar-refractivity contribution in [2.24, 2.45) is 5.41 Å². The number of aliphatic hydroxyl groups is 1. The average molecular weight is 275 g/mol. The molecule has 0 amide bonds. The first-order chi connectivity index (χ1) is 9.38. The fourth-order valence-corrected chi connectivity index (χ4v) is 2.49. The molecule has 1 atom stereocenters. The SMILES string of the molecule is CC/C(C)=C(/O)[C@H](CC)n1nc2c(n1)CC(C)(C)C=C2. The van der Waals surface area contributed by atoms with Gasteiger partial charge in [0.05, 0.1) is 5.69 Å². The molecule has 1 heterocycles. The predicted octanol–water partition coefficient (Wildman–Crippen LogP) is 4.07. The van der Waals surface area contributed by atoms with Gasteiger partial charge in [-0.05, 0) is 36.8 Å². The van der Waals surface area contributed by atoms with E-state index in [0.29, 0.717) is 5.76 Å². The fraction of sp³-hybridized carbons (Fsp3) is 0.625. The minimum atomic E-state index is -0.155. The minimum Gasteiger partial charge on any atom is -0.510 e. The van der Waals surface area contributed by atoms with Gasteiger partial charge in [-0.15, -0.1) is 0 Å². The predicted molar refractivity (Wildman–Crippen MR) is 81.5 cm³/mol. The Kier molecular flexibility index (Phi) is 4.02. The highest BCUT2D eigenvalue weighted by Gasteiger charge is 2.26. The van der Waals surface area contributed by atoms with Crippen molar-refractivity contribution in [1.82, 2.24) is 15.0 Å². The van der Waals surface area contributed by atoms with Gasteiger partial charge in [0, 0.05) is 6.42 Å². The van der Waals surface area contributed by atoms with Crippen LogP contribution in [0.1, 0.15) is 64.9 Å². The zero-order chi connectivity index (χ0) is 14.9. The first-order valence-electron chi connectivity index (χ1n) is 7.41. The van der Waals surface area contributed by atoms with Crippen LogP contribution < -0.4 is 0 Å². The Morgan fingerprint density at radius 2 is 2.10 bits per heavy atom. The molecule has 20 heavy (non-hydrogen) atoms. The largest absolute Gasteiger partial charge is 0.510 e. The van der Waals surface area contributed by atoms with Gasteiger partial charge >= 0.3 is 0 Å². The van der Waals surface area contributed by atoms with E-state index in [2.05, 4.69) is 30.1 Å². The van der Waals surface area contributed by atoms with E-state index in [1.54, 1.807) is 4.80 Å². The Balaban J connectivity index is 2.35. The number of aromatic nitrogens is 3. The van der Waals surface area contributed by atoms with Crippen LogP contribution in [-0.4, -0.2) is 20.1 Å². The van der Waals surface area contributed by atoms with Crippen molar-refractivity contribution < 1.29 is 5.11 Å². The van der Waals surface area contributed by atoms with E-state index < -0.39 is 0 Å². The summed E-state index contributed by atoms with van der Waals surface area (Å²) in [7, 11) is 0. The molecule has 0 unspecified atom stereocenters. The molecule has 1 aromatic heterocycles. The summed E-state index contributed by atoms with van der Waals surface area (Å²) in [5.74, 6) is 0.408. The first-order valence-corrected chi connectivity index (χ1v) is 7.41. The average Bonchev–Trinajstić information content (AvgIpc) is 2.79. The molecule has 0 saturated heterocycles. The number of nitrogens with zero attached hydrogens (tertiary/aromatic N) is 3. The van der Waals surface area contributed by atoms with Gasteiger partial charge in [-0.1, -0.05) is 33.8 Å². The lowest BCUT2D eigenvalue weighted by Crippen LogP contribution is -2.17. The first kappa shape index (κ1) is 14.8. The van der Waals surface area contributed by atoms with E-state index in [1.807, 2.05) is 26.8 Å². The third-order valence-corrected chi connectivity index (χ3v) is 3.99. The van der Waals surface area contributed by atoms with Gasteiger partial charge in [0.1, 0.15) is 17.5 Å². The van der Waals surface area contributed by atoms with Gasteiger partial charge in [0.15, 0.2) is 0 Å². The number of fused-ring (bicyclic) bond motifs is 1. The second kappa shape index (κ2) is 5.43. The van der Waals surface area contributed by atoms with Crippen molar-refractivity contribution in [3.05, 3.63) is 28.8 Å². The highest BCUT2D eigenvalue weighted by molar-refractivity contribution is 5.51. The summed E-state index contributed by atoms with van der Waals surface area (Å²) in [5.41, 5.74) is 3.10. The Labute approximate surface area is 121 Å².